The van der Waals surface area contributed by atoms with Crippen LogP contribution in [0.15, 0.2) is 18.2 Å². The summed E-state index contributed by atoms with van der Waals surface area (Å²) in [4.78, 5) is 11.6. The molecule has 3 N–H and O–H groups in total. The van der Waals surface area contributed by atoms with Crippen molar-refractivity contribution in [1.29, 1.82) is 0 Å². The highest BCUT2D eigenvalue weighted by atomic mass is 19.4. The number of benzene rings is 1. The summed E-state index contributed by atoms with van der Waals surface area (Å²) in [6, 6.07) is 3.28. The summed E-state index contributed by atoms with van der Waals surface area (Å²) in [5.41, 5.74) is 2.92. The molecule has 0 saturated heterocycles. The van der Waals surface area contributed by atoms with Crippen molar-refractivity contribution in [1.82, 2.24) is 0 Å². The lowest BCUT2D eigenvalue weighted by Crippen LogP contribution is -2.45. The molecule has 0 bridgehead atoms. The van der Waals surface area contributed by atoms with Crippen molar-refractivity contribution >= 4 is 11.6 Å². The van der Waals surface area contributed by atoms with Gasteiger partial charge in [-0.25, -0.2) is 0 Å². The quantitative estimate of drug-likeness (QED) is 0.891. The number of halogens is 3. The molecule has 0 radical (unpaired) electrons. The summed E-state index contributed by atoms with van der Waals surface area (Å²) >= 11 is 0. The second kappa shape index (κ2) is 5.08. The van der Waals surface area contributed by atoms with Crippen LogP contribution in [0.5, 0.6) is 5.75 Å². The topological polar surface area (TPSA) is 64.3 Å². The van der Waals surface area contributed by atoms with Crippen molar-refractivity contribution in [2.24, 2.45) is 5.73 Å². The number of methoxy groups -OCH3 is 1. The van der Waals surface area contributed by atoms with Gasteiger partial charge >= 0.3 is 6.18 Å². The van der Waals surface area contributed by atoms with Crippen LogP contribution < -0.4 is 15.8 Å². The molecule has 1 amide bonds. The number of amides is 1. The van der Waals surface area contributed by atoms with E-state index in [9.17, 15) is 18.0 Å². The van der Waals surface area contributed by atoms with Crippen LogP contribution in [0, 0.1) is 0 Å². The molecule has 0 aliphatic rings. The Hall–Kier alpha value is -1.76. The van der Waals surface area contributed by atoms with Gasteiger partial charge < -0.3 is 15.8 Å². The number of ether oxygens (including phenoxy) is 1. The number of nitrogens with one attached hydrogen (secondary N) is 1. The van der Waals surface area contributed by atoms with Crippen LogP contribution in [0.1, 0.15) is 19.4 Å². The van der Waals surface area contributed by atoms with Crippen molar-refractivity contribution < 1.29 is 22.7 Å². The van der Waals surface area contributed by atoms with E-state index < -0.39 is 23.2 Å². The maximum atomic E-state index is 12.9. The molecule has 1 aromatic rings. The Morgan fingerprint density at radius 3 is 2.32 bits per heavy atom. The molecule has 1 aromatic carbocycles. The van der Waals surface area contributed by atoms with Crippen molar-refractivity contribution in [3.05, 3.63) is 23.8 Å². The maximum absolute atomic E-state index is 12.9. The Balaban J connectivity index is 3.18. The second-order valence-electron chi connectivity index (χ2n) is 4.59. The SMILES string of the molecule is COc1ccc(NC(=O)C(C)(C)N)c(C(F)(F)F)c1. The average Bonchev–Trinajstić information content (AvgIpc) is 2.26. The summed E-state index contributed by atoms with van der Waals surface area (Å²) in [5.74, 6) is -0.652. The average molecular weight is 276 g/mol. The number of alkyl halides is 3. The Morgan fingerprint density at radius 1 is 1.32 bits per heavy atom. The van der Waals surface area contributed by atoms with E-state index >= 15 is 0 Å². The third-order valence-corrected chi connectivity index (χ3v) is 2.37. The minimum Gasteiger partial charge on any atom is -0.497 e. The summed E-state index contributed by atoms with van der Waals surface area (Å²) in [5, 5.41) is 2.17. The highest BCUT2D eigenvalue weighted by Crippen LogP contribution is 2.37. The molecule has 0 unspecified atom stereocenters. The van der Waals surface area contributed by atoms with Crippen LogP contribution in [0.2, 0.25) is 0 Å². The maximum Gasteiger partial charge on any atom is 0.418 e. The number of carbonyl (C=O) groups is 1. The number of anilines is 1. The third kappa shape index (κ3) is 3.85. The van der Waals surface area contributed by atoms with Gasteiger partial charge in [-0.2, -0.15) is 13.2 Å². The number of hydrogen-bond acceptors (Lipinski definition) is 3. The van der Waals surface area contributed by atoms with E-state index in [0.29, 0.717) is 0 Å². The molecular weight excluding hydrogens is 261 g/mol. The van der Waals surface area contributed by atoms with E-state index in [4.69, 9.17) is 10.5 Å². The monoisotopic (exact) mass is 276 g/mol. The van der Waals surface area contributed by atoms with Crippen LogP contribution in [-0.2, 0) is 11.0 Å². The van der Waals surface area contributed by atoms with Gasteiger partial charge in [-0.3, -0.25) is 4.79 Å². The van der Waals surface area contributed by atoms with Crippen molar-refractivity contribution in [2.45, 2.75) is 25.6 Å². The lowest BCUT2D eigenvalue weighted by molar-refractivity contribution is -0.137. The van der Waals surface area contributed by atoms with Gasteiger partial charge in [0.05, 0.1) is 23.9 Å². The molecule has 0 heterocycles. The summed E-state index contributed by atoms with van der Waals surface area (Å²) < 4.78 is 43.4. The number of hydrogen-bond donors (Lipinski definition) is 2. The zero-order valence-electron chi connectivity index (χ0n) is 10.8. The van der Waals surface area contributed by atoms with Gasteiger partial charge in [-0.15, -0.1) is 0 Å². The van der Waals surface area contributed by atoms with E-state index in [0.717, 1.165) is 12.1 Å². The number of nitrogens with two attached hydrogens (primary N) is 1. The molecule has 0 aliphatic carbocycles. The van der Waals surface area contributed by atoms with Gasteiger partial charge in [0.2, 0.25) is 5.91 Å². The van der Waals surface area contributed by atoms with E-state index in [-0.39, 0.29) is 11.4 Å². The first-order valence-corrected chi connectivity index (χ1v) is 5.41. The first-order valence-electron chi connectivity index (χ1n) is 5.41. The third-order valence-electron chi connectivity index (χ3n) is 2.37. The van der Waals surface area contributed by atoms with Crippen LogP contribution in [0.4, 0.5) is 18.9 Å². The predicted molar refractivity (Wildman–Crippen MR) is 64.9 cm³/mol. The molecular formula is C12H15F3N2O2. The van der Waals surface area contributed by atoms with Gasteiger partial charge in [0.1, 0.15) is 5.75 Å². The van der Waals surface area contributed by atoms with Crippen LogP contribution in [0.25, 0.3) is 0 Å². The van der Waals surface area contributed by atoms with Crippen LogP contribution >= 0.6 is 0 Å². The second-order valence-corrected chi connectivity index (χ2v) is 4.59. The molecule has 0 saturated carbocycles. The summed E-state index contributed by atoms with van der Waals surface area (Å²) in [7, 11) is 1.26. The lowest BCUT2D eigenvalue weighted by Gasteiger charge is -2.20. The highest BCUT2D eigenvalue weighted by Gasteiger charge is 2.35. The molecule has 4 nitrogen and oxygen atoms in total. The number of rotatable bonds is 3. The minimum atomic E-state index is -4.60. The molecule has 7 heteroatoms. The first-order chi connectivity index (χ1) is 8.55. The van der Waals surface area contributed by atoms with E-state index in [1.165, 1.54) is 27.0 Å². The molecule has 0 atom stereocenters. The normalized spacial score (nSPS) is 12.2. The van der Waals surface area contributed by atoms with Crippen molar-refractivity contribution in [2.75, 3.05) is 12.4 Å². The molecule has 0 spiro atoms. The molecule has 1 rings (SSSR count). The van der Waals surface area contributed by atoms with Gasteiger partial charge in [0, 0.05) is 0 Å². The summed E-state index contributed by atoms with van der Waals surface area (Å²) in [6.07, 6.45) is -4.60. The Morgan fingerprint density at radius 2 is 1.89 bits per heavy atom. The fourth-order valence-electron chi connectivity index (χ4n) is 1.28. The first kappa shape index (κ1) is 15.3. The zero-order valence-corrected chi connectivity index (χ0v) is 10.8. The Bertz CT molecular complexity index is 479. The van der Waals surface area contributed by atoms with Crippen molar-refractivity contribution in [3.63, 3.8) is 0 Å². The summed E-state index contributed by atoms with van der Waals surface area (Å²) in [6.45, 7) is 2.80. The van der Waals surface area contributed by atoms with Gasteiger partial charge in [0.15, 0.2) is 0 Å². The van der Waals surface area contributed by atoms with Crippen LogP contribution in [-0.4, -0.2) is 18.6 Å². The fourth-order valence-corrected chi connectivity index (χ4v) is 1.28. The Kier molecular flexibility index (Phi) is 4.09. The molecule has 106 valence electrons. The zero-order chi connectivity index (χ0) is 14.8. The molecule has 0 fully saturated rings. The predicted octanol–water partition coefficient (Wildman–Crippen LogP) is 2.39. The smallest absolute Gasteiger partial charge is 0.418 e. The molecule has 0 aromatic heterocycles. The number of carbonyl (C=O) groups excluding carboxylic acids is 1. The highest BCUT2D eigenvalue weighted by molar-refractivity contribution is 5.98. The van der Waals surface area contributed by atoms with Crippen LogP contribution in [0.3, 0.4) is 0 Å². The van der Waals surface area contributed by atoms with Gasteiger partial charge in [-0.1, -0.05) is 0 Å². The molecule has 0 aliphatic heterocycles. The lowest BCUT2D eigenvalue weighted by atomic mass is 10.1. The van der Waals surface area contributed by atoms with E-state index in [1.54, 1.807) is 0 Å². The standard InChI is InChI=1S/C12H15F3N2O2/c1-11(2,16)10(18)17-9-5-4-7(19-3)6-8(9)12(13,14)15/h4-6H,16H2,1-3H3,(H,17,18). The van der Waals surface area contributed by atoms with E-state index in [1.807, 2.05) is 0 Å². The fraction of sp³-hybridized carbons (Fsp3) is 0.417. The Labute approximate surface area is 108 Å². The van der Waals surface area contributed by atoms with Crippen molar-refractivity contribution in [3.8, 4) is 5.75 Å². The van der Waals surface area contributed by atoms with Gasteiger partial charge in [-0.05, 0) is 32.0 Å². The van der Waals surface area contributed by atoms with E-state index in [2.05, 4.69) is 5.32 Å². The largest absolute Gasteiger partial charge is 0.497 e. The van der Waals surface area contributed by atoms with Gasteiger partial charge in [0.25, 0.3) is 0 Å². The molecule has 19 heavy (non-hydrogen) atoms. The minimum absolute atomic E-state index is 0.0531.